The number of rotatable bonds is 3. The average Bonchev–Trinajstić information content (AvgIpc) is 2.35. The van der Waals surface area contributed by atoms with E-state index in [0.29, 0.717) is 0 Å². The van der Waals surface area contributed by atoms with Gasteiger partial charge in [-0.05, 0) is 19.1 Å². The van der Waals surface area contributed by atoms with Crippen molar-refractivity contribution in [3.05, 3.63) is 40.2 Å². The molecule has 0 aliphatic heterocycles. The van der Waals surface area contributed by atoms with E-state index in [1.807, 2.05) is 0 Å². The summed E-state index contributed by atoms with van der Waals surface area (Å²) in [6.07, 6.45) is 0. The second-order valence-electron chi connectivity index (χ2n) is 3.70. The van der Waals surface area contributed by atoms with Crippen molar-refractivity contribution in [3.63, 3.8) is 0 Å². The molecule has 0 fully saturated rings. The second-order valence-corrected chi connectivity index (χ2v) is 3.70. The van der Waals surface area contributed by atoms with Crippen molar-refractivity contribution in [2.75, 3.05) is 7.11 Å². The van der Waals surface area contributed by atoms with Crippen LogP contribution in [0, 0.1) is 12.7 Å². The van der Waals surface area contributed by atoms with Gasteiger partial charge < -0.3 is 19.6 Å². The number of nitrogens with one attached hydrogen (secondary N) is 1. The number of hydrogen-bond acceptors (Lipinski definition) is 5. The number of aromatic nitrogens is 2. The van der Waals surface area contributed by atoms with Gasteiger partial charge in [0.2, 0.25) is 0 Å². The normalized spacial score (nSPS) is 10.3. The molecule has 2 aromatic rings. The Labute approximate surface area is 107 Å². The van der Waals surface area contributed by atoms with Gasteiger partial charge in [-0.15, -0.1) is 0 Å². The molecule has 0 atom stereocenters. The number of aromatic hydroxyl groups is 1. The maximum atomic E-state index is 13.0. The zero-order valence-corrected chi connectivity index (χ0v) is 10.2. The van der Waals surface area contributed by atoms with Crippen LogP contribution in [-0.4, -0.2) is 22.2 Å². The number of aryl methyl sites for hydroxylation is 1. The highest BCUT2D eigenvalue weighted by atomic mass is 19.1. The number of benzene rings is 1. The van der Waals surface area contributed by atoms with Crippen LogP contribution in [0.15, 0.2) is 23.0 Å². The molecule has 1 heterocycles. The first-order valence-corrected chi connectivity index (χ1v) is 5.32. The zero-order chi connectivity index (χ0) is 14.0. The number of halogens is 1. The summed E-state index contributed by atoms with van der Waals surface area (Å²) >= 11 is 0. The molecule has 1 aromatic heterocycles. The van der Waals surface area contributed by atoms with Gasteiger partial charge in [-0.25, -0.2) is 4.39 Å². The lowest BCUT2D eigenvalue weighted by Crippen LogP contribution is -2.12. The Morgan fingerprint density at radius 2 is 2.11 bits per heavy atom. The predicted octanol–water partition coefficient (Wildman–Crippen LogP) is 1.72. The molecule has 0 radical (unpaired) electrons. The minimum absolute atomic E-state index is 0.0929. The third-order valence-electron chi connectivity index (χ3n) is 2.32. The Morgan fingerprint density at radius 3 is 2.74 bits per heavy atom. The van der Waals surface area contributed by atoms with Crippen molar-refractivity contribution in [2.24, 2.45) is 0 Å². The maximum Gasteiger partial charge on any atom is 0.298 e. The van der Waals surface area contributed by atoms with E-state index in [2.05, 4.69) is 9.97 Å². The highest BCUT2D eigenvalue weighted by Gasteiger charge is 2.15. The predicted molar refractivity (Wildman–Crippen MR) is 64.3 cm³/mol. The monoisotopic (exact) mass is 266 g/mol. The van der Waals surface area contributed by atoms with Crippen molar-refractivity contribution < 1.29 is 19.0 Å². The third-order valence-corrected chi connectivity index (χ3v) is 2.32. The van der Waals surface area contributed by atoms with Gasteiger partial charge in [-0.3, -0.25) is 4.79 Å². The summed E-state index contributed by atoms with van der Waals surface area (Å²) in [5.74, 6) is -0.997. The Balaban J connectivity index is 2.45. The van der Waals surface area contributed by atoms with Gasteiger partial charge in [0.05, 0.1) is 7.11 Å². The summed E-state index contributed by atoms with van der Waals surface area (Å²) in [4.78, 5) is 17.7. The molecule has 2 rings (SSSR count). The molecule has 0 amide bonds. The molecule has 19 heavy (non-hydrogen) atoms. The van der Waals surface area contributed by atoms with Crippen LogP contribution >= 0.6 is 0 Å². The smallest absolute Gasteiger partial charge is 0.298 e. The molecule has 0 unspecified atom stereocenters. The number of aromatic amines is 1. The van der Waals surface area contributed by atoms with Crippen LogP contribution in [0.4, 0.5) is 4.39 Å². The molecular formula is C12H11FN2O4. The lowest BCUT2D eigenvalue weighted by molar-refractivity contribution is 0.355. The van der Waals surface area contributed by atoms with E-state index < -0.39 is 17.3 Å². The standard InChI is InChI=1S/C12H11FN2O4/c1-6-14-11(16)10(12(17)15-6)19-8-4-3-7(13)5-9(8)18-2/h3-5H,1-2H3,(H2,14,15,16,17). The topological polar surface area (TPSA) is 84.4 Å². The van der Waals surface area contributed by atoms with Crippen molar-refractivity contribution >= 4 is 0 Å². The fourth-order valence-electron chi connectivity index (χ4n) is 1.49. The van der Waals surface area contributed by atoms with E-state index in [9.17, 15) is 14.3 Å². The van der Waals surface area contributed by atoms with Crippen LogP contribution in [0.5, 0.6) is 23.1 Å². The van der Waals surface area contributed by atoms with Gasteiger partial charge in [0, 0.05) is 6.07 Å². The van der Waals surface area contributed by atoms with E-state index in [-0.39, 0.29) is 23.1 Å². The summed E-state index contributed by atoms with van der Waals surface area (Å²) < 4.78 is 23.2. The number of H-pyrrole nitrogens is 1. The summed E-state index contributed by atoms with van der Waals surface area (Å²) in [6, 6.07) is 3.53. The van der Waals surface area contributed by atoms with Crippen LogP contribution in [0.2, 0.25) is 0 Å². The van der Waals surface area contributed by atoms with Gasteiger partial charge in [0.15, 0.2) is 11.5 Å². The Morgan fingerprint density at radius 1 is 1.37 bits per heavy atom. The highest BCUT2D eigenvalue weighted by molar-refractivity contribution is 5.44. The van der Waals surface area contributed by atoms with Gasteiger partial charge in [0.1, 0.15) is 11.6 Å². The molecule has 7 heteroatoms. The summed E-state index contributed by atoms with van der Waals surface area (Å²) in [6.45, 7) is 1.52. The molecule has 6 nitrogen and oxygen atoms in total. The minimum atomic E-state index is -0.642. The lowest BCUT2D eigenvalue weighted by Gasteiger charge is -2.10. The van der Waals surface area contributed by atoms with Crippen molar-refractivity contribution in [1.29, 1.82) is 0 Å². The van der Waals surface area contributed by atoms with Crippen molar-refractivity contribution in [2.45, 2.75) is 6.92 Å². The Bertz CT molecular complexity index is 669. The van der Waals surface area contributed by atoms with E-state index >= 15 is 0 Å². The molecule has 0 saturated heterocycles. The van der Waals surface area contributed by atoms with Gasteiger partial charge in [-0.1, -0.05) is 0 Å². The van der Waals surface area contributed by atoms with Gasteiger partial charge >= 0.3 is 0 Å². The van der Waals surface area contributed by atoms with E-state index in [1.54, 1.807) is 0 Å². The van der Waals surface area contributed by atoms with Gasteiger partial charge in [-0.2, -0.15) is 4.98 Å². The summed E-state index contributed by atoms with van der Waals surface area (Å²) in [5.41, 5.74) is -0.642. The first-order chi connectivity index (χ1) is 9.01. The molecule has 0 aliphatic carbocycles. The molecule has 100 valence electrons. The molecular weight excluding hydrogens is 255 g/mol. The molecule has 0 bridgehead atoms. The van der Waals surface area contributed by atoms with Crippen LogP contribution in [-0.2, 0) is 0 Å². The molecule has 2 N–H and O–H groups in total. The molecule has 0 spiro atoms. The Hall–Kier alpha value is -2.57. The lowest BCUT2D eigenvalue weighted by atomic mass is 10.3. The SMILES string of the molecule is COc1cc(F)ccc1Oc1c(O)nc(C)[nH]c1=O. The third kappa shape index (κ3) is 2.65. The summed E-state index contributed by atoms with van der Waals surface area (Å²) in [5, 5.41) is 9.58. The number of hydrogen-bond donors (Lipinski definition) is 2. The number of ether oxygens (including phenoxy) is 2. The van der Waals surface area contributed by atoms with E-state index in [4.69, 9.17) is 9.47 Å². The first-order valence-electron chi connectivity index (χ1n) is 5.32. The van der Waals surface area contributed by atoms with E-state index in [0.717, 1.165) is 12.1 Å². The fourth-order valence-corrected chi connectivity index (χ4v) is 1.49. The van der Waals surface area contributed by atoms with Crippen LogP contribution in [0.25, 0.3) is 0 Å². The number of methoxy groups -OCH3 is 1. The molecule has 0 aliphatic rings. The largest absolute Gasteiger partial charge is 0.493 e. The Kier molecular flexibility index (Phi) is 3.37. The van der Waals surface area contributed by atoms with Crippen LogP contribution in [0.1, 0.15) is 5.82 Å². The molecule has 0 saturated carbocycles. The minimum Gasteiger partial charge on any atom is -0.493 e. The quantitative estimate of drug-likeness (QED) is 0.883. The fraction of sp³-hybridized carbons (Fsp3) is 0.167. The average molecular weight is 266 g/mol. The van der Waals surface area contributed by atoms with Gasteiger partial charge in [0.25, 0.3) is 17.2 Å². The number of nitrogens with zero attached hydrogens (tertiary/aromatic N) is 1. The van der Waals surface area contributed by atoms with Crippen molar-refractivity contribution in [1.82, 2.24) is 9.97 Å². The molecule has 1 aromatic carbocycles. The van der Waals surface area contributed by atoms with Crippen LogP contribution in [0.3, 0.4) is 0 Å². The highest BCUT2D eigenvalue weighted by Crippen LogP contribution is 2.33. The summed E-state index contributed by atoms with van der Waals surface area (Å²) in [7, 11) is 1.33. The van der Waals surface area contributed by atoms with E-state index in [1.165, 1.54) is 20.1 Å². The van der Waals surface area contributed by atoms with Crippen molar-refractivity contribution in [3.8, 4) is 23.1 Å². The van der Waals surface area contributed by atoms with Crippen LogP contribution < -0.4 is 15.0 Å². The zero-order valence-electron chi connectivity index (χ0n) is 10.2. The first kappa shape index (κ1) is 12.9. The maximum absolute atomic E-state index is 13.0. The second kappa shape index (κ2) is 4.97.